The molecule has 40 heavy (non-hydrogen) atoms. The molecule has 0 aliphatic heterocycles. The average Bonchev–Trinajstić information content (AvgIpc) is 2.84. The van der Waals surface area contributed by atoms with E-state index in [0.29, 0.717) is 12.8 Å². The van der Waals surface area contributed by atoms with Gasteiger partial charge in [-0.25, -0.2) is 9.59 Å². The largest absolute Gasteiger partial charge is 0.342 e. The molecule has 12 heteroatoms. The molecule has 0 N–H and O–H groups in total. The number of carbonyl (C=O) groups is 2. The van der Waals surface area contributed by atoms with Gasteiger partial charge in [-0.05, 0) is 109 Å². The first kappa shape index (κ1) is 37.0. The van der Waals surface area contributed by atoms with Crippen molar-refractivity contribution in [3.63, 3.8) is 0 Å². The highest BCUT2D eigenvalue weighted by Gasteiger charge is 2.32. The number of nitrogens with zero attached hydrogens (tertiary/aromatic N) is 6. The van der Waals surface area contributed by atoms with Crippen LogP contribution in [0.25, 0.3) is 0 Å². The molecule has 12 nitrogen and oxygen atoms in total. The summed E-state index contributed by atoms with van der Waals surface area (Å²) in [4.78, 5) is 45.1. The average molecular weight is 565 g/mol. The predicted molar refractivity (Wildman–Crippen MR) is 147 cm³/mol. The molecule has 0 fully saturated rings. The van der Waals surface area contributed by atoms with Gasteiger partial charge in [0.25, 0.3) is 0 Å². The molecule has 0 radical (unpaired) electrons. The Kier molecular flexibility index (Phi) is 13.5. The molecule has 0 saturated carbocycles. The van der Waals surface area contributed by atoms with Crippen molar-refractivity contribution < 1.29 is 29.1 Å². The second-order valence-corrected chi connectivity index (χ2v) is 13.6. The van der Waals surface area contributed by atoms with Gasteiger partial charge < -0.3 is 0 Å². The van der Waals surface area contributed by atoms with Gasteiger partial charge in [-0.1, -0.05) is 0 Å². The van der Waals surface area contributed by atoms with E-state index in [9.17, 15) is 20.1 Å². The summed E-state index contributed by atoms with van der Waals surface area (Å²) in [6.07, 6.45) is 0.919. The van der Waals surface area contributed by atoms with Crippen LogP contribution in [-0.2, 0) is 29.1 Å². The SMILES string of the molecule is CC(C)(C)/N=N/C(C)(C#N)CCC(=O)OOC(C)(C)CCC(C)(C)OOC(=O)CCC(C)(C#N)/N=N/C(C)(C)C. The topological polar surface area (TPSA) is 168 Å². The lowest BCUT2D eigenvalue weighted by atomic mass is 9.94. The van der Waals surface area contributed by atoms with Gasteiger partial charge in [-0.2, -0.15) is 40.8 Å². The molecule has 0 aliphatic carbocycles. The van der Waals surface area contributed by atoms with Crippen LogP contribution in [-0.4, -0.2) is 45.3 Å². The summed E-state index contributed by atoms with van der Waals surface area (Å²) in [5, 5.41) is 35.4. The van der Waals surface area contributed by atoms with E-state index < -0.39 is 45.3 Å². The molecule has 0 aromatic rings. The number of rotatable bonds is 15. The van der Waals surface area contributed by atoms with Crippen LogP contribution in [0.1, 0.15) is 122 Å². The maximum absolute atomic E-state index is 12.2. The summed E-state index contributed by atoms with van der Waals surface area (Å²) in [5.74, 6) is -1.26. The van der Waals surface area contributed by atoms with Crippen molar-refractivity contribution in [1.29, 1.82) is 10.5 Å². The Labute approximate surface area is 239 Å². The Bertz CT molecular complexity index is 917. The Morgan fingerprint density at radius 2 is 0.850 bits per heavy atom. The Morgan fingerprint density at radius 1 is 0.550 bits per heavy atom. The second-order valence-electron chi connectivity index (χ2n) is 13.6. The third-order valence-electron chi connectivity index (χ3n) is 5.30. The summed E-state index contributed by atoms with van der Waals surface area (Å²) < 4.78 is 0. The van der Waals surface area contributed by atoms with E-state index in [-0.39, 0.29) is 25.7 Å². The minimum atomic E-state index is -1.15. The molecule has 0 saturated heterocycles. The number of carbonyl (C=O) groups excluding carboxylic acids is 2. The van der Waals surface area contributed by atoms with Crippen molar-refractivity contribution in [3.05, 3.63) is 0 Å². The quantitative estimate of drug-likeness (QED) is 0.117. The monoisotopic (exact) mass is 564 g/mol. The fraction of sp³-hybridized carbons (Fsp3) is 0.857. The lowest BCUT2D eigenvalue weighted by Gasteiger charge is -2.28. The minimum Gasteiger partial charge on any atom is -0.298 e. The van der Waals surface area contributed by atoms with Gasteiger partial charge in [-0.3, -0.25) is 9.78 Å². The van der Waals surface area contributed by atoms with Crippen LogP contribution >= 0.6 is 0 Å². The van der Waals surface area contributed by atoms with E-state index in [0.717, 1.165) is 0 Å². The van der Waals surface area contributed by atoms with Crippen LogP contribution in [0, 0.1) is 22.7 Å². The zero-order valence-corrected chi connectivity index (χ0v) is 26.4. The fourth-order valence-electron chi connectivity index (χ4n) is 2.56. The lowest BCUT2D eigenvalue weighted by molar-refractivity contribution is -0.340. The third kappa shape index (κ3) is 17.6. The molecule has 0 aliphatic rings. The van der Waals surface area contributed by atoms with Crippen molar-refractivity contribution >= 4 is 11.9 Å². The molecule has 2 unspecified atom stereocenters. The number of nitriles is 2. The molecule has 0 bridgehead atoms. The molecular weight excluding hydrogens is 516 g/mol. The van der Waals surface area contributed by atoms with Gasteiger partial charge in [0.1, 0.15) is 11.2 Å². The van der Waals surface area contributed by atoms with Crippen molar-refractivity contribution in [2.75, 3.05) is 0 Å². The first-order valence-corrected chi connectivity index (χ1v) is 13.4. The van der Waals surface area contributed by atoms with E-state index in [1.54, 1.807) is 41.5 Å². The van der Waals surface area contributed by atoms with E-state index in [1.807, 2.05) is 41.5 Å². The van der Waals surface area contributed by atoms with Crippen molar-refractivity contribution in [2.24, 2.45) is 20.5 Å². The molecule has 2 atom stereocenters. The van der Waals surface area contributed by atoms with E-state index in [4.69, 9.17) is 19.6 Å². The van der Waals surface area contributed by atoms with E-state index in [1.165, 1.54) is 0 Å². The summed E-state index contributed by atoms with van der Waals surface area (Å²) in [6, 6.07) is 4.17. The van der Waals surface area contributed by atoms with Crippen LogP contribution in [0.4, 0.5) is 0 Å². The summed E-state index contributed by atoms with van der Waals surface area (Å²) in [5.41, 5.74) is -4.89. The van der Waals surface area contributed by atoms with Crippen molar-refractivity contribution in [2.45, 2.75) is 155 Å². The van der Waals surface area contributed by atoms with Crippen LogP contribution in [0.2, 0.25) is 0 Å². The minimum absolute atomic E-state index is 0.0731. The molecule has 0 rings (SSSR count). The normalized spacial score (nSPS) is 16.1. The number of hydrogen-bond acceptors (Lipinski definition) is 12. The van der Waals surface area contributed by atoms with Gasteiger partial charge in [0, 0.05) is 0 Å². The van der Waals surface area contributed by atoms with Crippen molar-refractivity contribution in [1.82, 2.24) is 0 Å². The van der Waals surface area contributed by atoms with Crippen LogP contribution < -0.4 is 0 Å². The number of hydrogen-bond donors (Lipinski definition) is 0. The van der Waals surface area contributed by atoms with Gasteiger partial charge in [0.2, 0.25) is 0 Å². The Balaban J connectivity index is 4.68. The van der Waals surface area contributed by atoms with E-state index >= 15 is 0 Å². The number of azo groups is 2. The highest BCUT2D eigenvalue weighted by Crippen LogP contribution is 2.27. The summed E-state index contributed by atoms with van der Waals surface area (Å²) in [7, 11) is 0. The predicted octanol–water partition coefficient (Wildman–Crippen LogP) is 6.90. The molecule has 0 spiro atoms. The highest BCUT2D eigenvalue weighted by molar-refractivity contribution is 5.69. The first-order valence-electron chi connectivity index (χ1n) is 13.4. The van der Waals surface area contributed by atoms with Crippen LogP contribution in [0.3, 0.4) is 0 Å². The molecule has 0 amide bonds. The van der Waals surface area contributed by atoms with E-state index in [2.05, 4.69) is 32.6 Å². The first-order chi connectivity index (χ1) is 17.9. The van der Waals surface area contributed by atoms with Crippen LogP contribution in [0.15, 0.2) is 20.5 Å². The van der Waals surface area contributed by atoms with Gasteiger partial charge in [0.15, 0.2) is 11.1 Å². The molecule has 0 heterocycles. The van der Waals surface area contributed by atoms with Crippen molar-refractivity contribution in [3.8, 4) is 12.1 Å². The van der Waals surface area contributed by atoms with Gasteiger partial charge >= 0.3 is 11.9 Å². The maximum Gasteiger partial charge on any atom is 0.342 e. The third-order valence-corrected chi connectivity index (χ3v) is 5.30. The fourth-order valence-corrected chi connectivity index (χ4v) is 2.56. The highest BCUT2D eigenvalue weighted by atomic mass is 17.2. The smallest absolute Gasteiger partial charge is 0.298 e. The Morgan fingerprint density at radius 3 is 1.10 bits per heavy atom. The zero-order chi connectivity index (χ0) is 31.5. The van der Waals surface area contributed by atoms with Crippen LogP contribution in [0.5, 0.6) is 0 Å². The van der Waals surface area contributed by atoms with Gasteiger partial charge in [-0.15, -0.1) is 0 Å². The Hall–Kier alpha value is -2.96. The molecule has 0 aromatic heterocycles. The second kappa shape index (κ2) is 14.6. The van der Waals surface area contributed by atoms with Gasteiger partial charge in [0.05, 0.1) is 36.1 Å². The standard InChI is InChI=1S/C28H48N6O6/c1-23(2,3)31-33-27(11,19-29)15-13-21(35)37-39-25(7,8)17-18-26(9,10)40-38-22(36)14-16-28(12,20-30)34-32-24(4,5)6/h13-18H2,1-12H3/b33-31+,34-32+. The summed E-state index contributed by atoms with van der Waals surface area (Å²) >= 11 is 0. The lowest BCUT2D eigenvalue weighted by Crippen LogP contribution is -2.33. The zero-order valence-electron chi connectivity index (χ0n) is 26.4. The molecule has 0 aromatic carbocycles. The maximum atomic E-state index is 12.2. The molecule has 226 valence electrons. The summed E-state index contributed by atoms with van der Waals surface area (Å²) in [6.45, 7) is 21.4. The molecular formula is C28H48N6O6.